The van der Waals surface area contributed by atoms with Crippen molar-refractivity contribution in [2.45, 2.75) is 386 Å². The Morgan fingerprint density at radius 2 is 0.440 bits per heavy atom. The molecule has 0 fully saturated rings. The molecule has 1 atom stereocenters. The van der Waals surface area contributed by atoms with Crippen LogP contribution in [0.5, 0.6) is 0 Å². The molecule has 0 rings (SSSR count). The van der Waals surface area contributed by atoms with Gasteiger partial charge in [-0.2, -0.15) is 0 Å². The third kappa shape index (κ3) is 62.6. The quantitative estimate of drug-likeness (QED) is 0.0261. The van der Waals surface area contributed by atoms with E-state index in [0.717, 1.165) is 70.6 Å². The van der Waals surface area contributed by atoms with Crippen molar-refractivity contribution in [3.05, 3.63) is 24.3 Å². The van der Waals surface area contributed by atoms with Gasteiger partial charge in [0.2, 0.25) is 0 Å². The summed E-state index contributed by atoms with van der Waals surface area (Å²) in [5, 5.41) is 0. The number of allylic oxidation sites excluding steroid dienone is 4. The molecule has 0 N–H and O–H groups in total. The summed E-state index contributed by atoms with van der Waals surface area (Å²) in [6, 6.07) is 0. The lowest BCUT2D eigenvalue weighted by Gasteiger charge is -2.18. The summed E-state index contributed by atoms with van der Waals surface area (Å²) in [5.41, 5.74) is 0. The van der Waals surface area contributed by atoms with E-state index in [1.165, 1.54) is 270 Å². The summed E-state index contributed by atoms with van der Waals surface area (Å²) in [4.78, 5) is 38.3. The smallest absolute Gasteiger partial charge is 0.306 e. The van der Waals surface area contributed by atoms with Gasteiger partial charge in [-0.3, -0.25) is 14.4 Å². The Morgan fingerprint density at radius 1 is 0.253 bits per heavy atom. The van der Waals surface area contributed by atoms with E-state index in [2.05, 4.69) is 45.1 Å². The molecule has 6 heteroatoms. The fraction of sp³-hybridized carbons (Fsp3) is 0.899. The summed E-state index contributed by atoms with van der Waals surface area (Å²) in [6.45, 7) is 6.66. The number of carbonyl (C=O) groups is 3. The molecule has 1 unspecified atom stereocenters. The third-order valence-electron chi connectivity index (χ3n) is 15.4. The standard InChI is InChI=1S/C69H130O6/c1-4-7-10-13-16-19-22-25-27-29-30-31-32-33-34-35-36-37-38-39-40-41-43-44-47-50-53-56-59-62-68(71)74-65-66(64-73-67(70)61-58-55-52-49-46-24-21-18-15-12-9-6-3)75-69(72)63-60-57-54-51-48-45-42-28-26-23-20-17-14-11-8-5-2/h18,21,28,42,66H,4-17,19-20,22-27,29-41,43-65H2,1-3H3/b21-18-,42-28-. The first-order valence-electron chi connectivity index (χ1n) is 33.8. The molecule has 0 aromatic carbocycles. The van der Waals surface area contributed by atoms with Gasteiger partial charge in [0.1, 0.15) is 13.2 Å². The van der Waals surface area contributed by atoms with Crippen molar-refractivity contribution >= 4 is 17.9 Å². The first kappa shape index (κ1) is 72.9. The number of ether oxygens (including phenoxy) is 3. The zero-order chi connectivity index (χ0) is 54.3. The summed E-state index contributed by atoms with van der Waals surface area (Å²) < 4.78 is 16.9. The highest BCUT2D eigenvalue weighted by Gasteiger charge is 2.19. The summed E-state index contributed by atoms with van der Waals surface area (Å²) in [7, 11) is 0. The molecule has 0 bridgehead atoms. The van der Waals surface area contributed by atoms with Gasteiger partial charge in [-0.15, -0.1) is 0 Å². The topological polar surface area (TPSA) is 78.9 Å². The van der Waals surface area contributed by atoms with Gasteiger partial charge in [0.05, 0.1) is 0 Å². The van der Waals surface area contributed by atoms with Crippen LogP contribution in [-0.4, -0.2) is 37.2 Å². The lowest BCUT2D eigenvalue weighted by atomic mass is 10.0. The second-order valence-corrected chi connectivity index (χ2v) is 23.1. The molecule has 0 saturated carbocycles. The van der Waals surface area contributed by atoms with Crippen LogP contribution in [-0.2, 0) is 28.6 Å². The molecule has 0 aromatic rings. The number of hydrogen-bond acceptors (Lipinski definition) is 6. The SMILES string of the molecule is CCCCC/C=C\CCCCCCCC(=O)OCC(COC(=O)CCCCCCCCCCCCCCCCCCCCCCCCCCCCCCC)OC(=O)CCCCCCC/C=C\CCCCCCCCC. The monoisotopic (exact) mass is 1050 g/mol. The molecule has 442 valence electrons. The van der Waals surface area contributed by atoms with E-state index >= 15 is 0 Å². The molecule has 0 amide bonds. The fourth-order valence-electron chi connectivity index (χ4n) is 10.3. The molecule has 0 aliphatic carbocycles. The second-order valence-electron chi connectivity index (χ2n) is 23.1. The van der Waals surface area contributed by atoms with Crippen LogP contribution in [0.4, 0.5) is 0 Å². The molecular formula is C69H130O6. The van der Waals surface area contributed by atoms with Crippen LogP contribution in [0.1, 0.15) is 380 Å². The predicted molar refractivity (Wildman–Crippen MR) is 326 cm³/mol. The largest absolute Gasteiger partial charge is 0.462 e. The Hall–Kier alpha value is -2.11. The van der Waals surface area contributed by atoms with Gasteiger partial charge in [-0.1, -0.05) is 315 Å². The number of hydrogen-bond donors (Lipinski definition) is 0. The van der Waals surface area contributed by atoms with Crippen LogP contribution in [0.3, 0.4) is 0 Å². The number of rotatable bonds is 63. The van der Waals surface area contributed by atoms with Gasteiger partial charge in [-0.05, 0) is 70.6 Å². The number of unbranched alkanes of at least 4 members (excludes halogenated alkanes) is 48. The minimum atomic E-state index is -0.776. The van der Waals surface area contributed by atoms with Crippen molar-refractivity contribution in [1.29, 1.82) is 0 Å². The normalized spacial score (nSPS) is 12.1. The van der Waals surface area contributed by atoms with Crippen molar-refractivity contribution in [2.75, 3.05) is 13.2 Å². The summed E-state index contributed by atoms with van der Waals surface area (Å²) in [6.07, 6.45) is 77.9. The van der Waals surface area contributed by atoms with Crippen LogP contribution in [0.15, 0.2) is 24.3 Å². The van der Waals surface area contributed by atoms with Gasteiger partial charge >= 0.3 is 17.9 Å². The zero-order valence-corrected chi connectivity index (χ0v) is 50.8. The Labute approximate surface area is 468 Å². The first-order valence-corrected chi connectivity index (χ1v) is 33.8. The van der Waals surface area contributed by atoms with E-state index in [1.54, 1.807) is 0 Å². The van der Waals surface area contributed by atoms with E-state index in [0.29, 0.717) is 19.3 Å². The maximum Gasteiger partial charge on any atom is 0.306 e. The number of esters is 3. The van der Waals surface area contributed by atoms with Crippen molar-refractivity contribution < 1.29 is 28.6 Å². The van der Waals surface area contributed by atoms with Crippen LogP contribution in [0.2, 0.25) is 0 Å². The Bertz CT molecular complexity index is 1210. The van der Waals surface area contributed by atoms with E-state index in [-0.39, 0.29) is 31.1 Å². The predicted octanol–water partition coefficient (Wildman–Crippen LogP) is 23.0. The molecule has 0 aliphatic heterocycles. The minimum Gasteiger partial charge on any atom is -0.462 e. The second kappa shape index (κ2) is 64.4. The van der Waals surface area contributed by atoms with Gasteiger partial charge < -0.3 is 14.2 Å². The average Bonchev–Trinajstić information content (AvgIpc) is 3.41. The van der Waals surface area contributed by atoms with Crippen LogP contribution >= 0.6 is 0 Å². The van der Waals surface area contributed by atoms with Gasteiger partial charge in [0, 0.05) is 19.3 Å². The molecule has 75 heavy (non-hydrogen) atoms. The zero-order valence-electron chi connectivity index (χ0n) is 50.8. The van der Waals surface area contributed by atoms with E-state index in [1.807, 2.05) is 0 Å². The molecule has 0 aromatic heterocycles. The average molecular weight is 1060 g/mol. The third-order valence-corrected chi connectivity index (χ3v) is 15.4. The molecule has 0 aliphatic rings. The highest BCUT2D eigenvalue weighted by atomic mass is 16.6. The molecule has 0 spiro atoms. The van der Waals surface area contributed by atoms with Gasteiger partial charge in [0.15, 0.2) is 6.10 Å². The first-order chi connectivity index (χ1) is 37.0. The van der Waals surface area contributed by atoms with Crippen molar-refractivity contribution in [2.24, 2.45) is 0 Å². The minimum absolute atomic E-state index is 0.0725. The maximum absolute atomic E-state index is 12.9. The Balaban J connectivity index is 4.13. The van der Waals surface area contributed by atoms with Gasteiger partial charge in [0.25, 0.3) is 0 Å². The van der Waals surface area contributed by atoms with Crippen LogP contribution in [0, 0.1) is 0 Å². The van der Waals surface area contributed by atoms with Crippen molar-refractivity contribution in [1.82, 2.24) is 0 Å². The van der Waals surface area contributed by atoms with E-state index in [4.69, 9.17) is 14.2 Å². The fourth-order valence-corrected chi connectivity index (χ4v) is 10.3. The molecule has 0 heterocycles. The lowest BCUT2D eigenvalue weighted by molar-refractivity contribution is -0.167. The molecule has 0 saturated heterocycles. The lowest BCUT2D eigenvalue weighted by Crippen LogP contribution is -2.30. The molecule has 0 radical (unpaired) electrons. The van der Waals surface area contributed by atoms with Crippen molar-refractivity contribution in [3.63, 3.8) is 0 Å². The molecular weight excluding hydrogens is 925 g/mol. The van der Waals surface area contributed by atoms with Gasteiger partial charge in [-0.25, -0.2) is 0 Å². The van der Waals surface area contributed by atoms with Crippen LogP contribution in [0.25, 0.3) is 0 Å². The van der Waals surface area contributed by atoms with E-state index in [9.17, 15) is 14.4 Å². The Morgan fingerprint density at radius 3 is 0.693 bits per heavy atom. The Kier molecular flexibility index (Phi) is 62.6. The summed E-state index contributed by atoms with van der Waals surface area (Å²) in [5.74, 6) is -0.866. The van der Waals surface area contributed by atoms with Crippen molar-refractivity contribution in [3.8, 4) is 0 Å². The van der Waals surface area contributed by atoms with Crippen LogP contribution < -0.4 is 0 Å². The maximum atomic E-state index is 12.9. The summed E-state index contributed by atoms with van der Waals surface area (Å²) >= 11 is 0. The molecule has 6 nitrogen and oxygen atoms in total. The highest BCUT2D eigenvalue weighted by Crippen LogP contribution is 2.18. The highest BCUT2D eigenvalue weighted by molar-refractivity contribution is 5.71. The number of carbonyl (C=O) groups excluding carboxylic acids is 3. The van der Waals surface area contributed by atoms with E-state index < -0.39 is 6.10 Å².